The van der Waals surface area contributed by atoms with Gasteiger partial charge in [0.25, 0.3) is 0 Å². The topological polar surface area (TPSA) is 58.3 Å². The number of aliphatic hydroxyl groups is 2. The molecule has 0 saturated heterocycles. The number of aliphatic hydroxyl groups excluding tert-OH is 2. The quantitative estimate of drug-likeness (QED) is 0.836. The molecule has 0 aliphatic rings. The second kappa shape index (κ2) is 9.35. The van der Waals surface area contributed by atoms with Gasteiger partial charge in [0.2, 0.25) is 0 Å². The molecule has 1 aromatic heterocycles. The van der Waals surface area contributed by atoms with E-state index >= 15 is 0 Å². The fourth-order valence-electron chi connectivity index (χ4n) is 1.65. The van der Waals surface area contributed by atoms with Gasteiger partial charge in [-0.1, -0.05) is 41.6 Å². The Balaban J connectivity index is 0.00000106. The van der Waals surface area contributed by atoms with Gasteiger partial charge >= 0.3 is 0 Å². The molecule has 2 aromatic rings. The standard InChI is InChI=1S/C14H13BrN2O2.C2H6/c15-12-4-1-11(2-5-12)3-6-13(9-18)17-8-7-16-14(17)10-19;1-2/h1-2,4-5,7-8,13,18-19H,9-10H2;1-2H3. The third-order valence-corrected chi connectivity index (χ3v) is 3.16. The van der Waals surface area contributed by atoms with E-state index in [1.54, 1.807) is 17.0 Å². The highest BCUT2D eigenvalue weighted by Gasteiger charge is 2.10. The van der Waals surface area contributed by atoms with Gasteiger partial charge in [-0.3, -0.25) is 0 Å². The fourth-order valence-corrected chi connectivity index (χ4v) is 1.92. The summed E-state index contributed by atoms with van der Waals surface area (Å²) in [5.74, 6) is 6.47. The molecule has 1 atom stereocenters. The van der Waals surface area contributed by atoms with E-state index in [1.807, 2.05) is 38.1 Å². The Hall–Kier alpha value is -1.61. The van der Waals surface area contributed by atoms with Crippen LogP contribution in [0.2, 0.25) is 0 Å². The Morgan fingerprint density at radius 1 is 1.24 bits per heavy atom. The zero-order valence-corrected chi connectivity index (χ0v) is 13.7. The number of nitrogens with zero attached hydrogens (tertiary/aromatic N) is 2. The first-order chi connectivity index (χ1) is 10.2. The second-order valence-electron chi connectivity index (χ2n) is 3.88. The lowest BCUT2D eigenvalue weighted by molar-refractivity contribution is 0.235. The van der Waals surface area contributed by atoms with Gasteiger partial charge in [0.1, 0.15) is 18.5 Å². The van der Waals surface area contributed by atoms with Crippen LogP contribution in [0, 0.1) is 11.8 Å². The van der Waals surface area contributed by atoms with Crippen molar-refractivity contribution in [3.63, 3.8) is 0 Å². The van der Waals surface area contributed by atoms with Gasteiger partial charge in [-0.2, -0.15) is 0 Å². The SMILES string of the molecule is CC.OCc1nccn1C(C#Cc1ccc(Br)cc1)CO. The highest BCUT2D eigenvalue weighted by Crippen LogP contribution is 2.11. The molecule has 1 heterocycles. The van der Waals surface area contributed by atoms with Crippen molar-refractivity contribution in [1.29, 1.82) is 0 Å². The first-order valence-corrected chi connectivity index (χ1v) is 7.54. The zero-order valence-electron chi connectivity index (χ0n) is 12.1. The van der Waals surface area contributed by atoms with Crippen molar-refractivity contribution in [3.8, 4) is 11.8 Å². The molecule has 0 saturated carbocycles. The highest BCUT2D eigenvalue weighted by molar-refractivity contribution is 9.10. The maximum absolute atomic E-state index is 9.40. The van der Waals surface area contributed by atoms with Gasteiger partial charge < -0.3 is 14.8 Å². The van der Waals surface area contributed by atoms with E-state index in [0.717, 1.165) is 10.0 Å². The predicted molar refractivity (Wildman–Crippen MR) is 86.6 cm³/mol. The molecule has 0 spiro atoms. The zero-order chi connectivity index (χ0) is 15.7. The minimum Gasteiger partial charge on any atom is -0.393 e. The number of imidazole rings is 1. The van der Waals surface area contributed by atoms with E-state index in [9.17, 15) is 5.11 Å². The van der Waals surface area contributed by atoms with Crippen LogP contribution in [-0.2, 0) is 6.61 Å². The maximum Gasteiger partial charge on any atom is 0.135 e. The summed E-state index contributed by atoms with van der Waals surface area (Å²) in [5.41, 5.74) is 0.868. The number of benzene rings is 1. The summed E-state index contributed by atoms with van der Waals surface area (Å²) < 4.78 is 2.67. The van der Waals surface area contributed by atoms with Crippen molar-refractivity contribution in [1.82, 2.24) is 9.55 Å². The van der Waals surface area contributed by atoms with Crippen LogP contribution in [0.5, 0.6) is 0 Å². The fraction of sp³-hybridized carbons (Fsp3) is 0.312. The van der Waals surface area contributed by atoms with Crippen LogP contribution in [0.25, 0.3) is 0 Å². The number of hydrogen-bond acceptors (Lipinski definition) is 3. The molecule has 4 nitrogen and oxygen atoms in total. The first kappa shape index (κ1) is 17.4. The van der Waals surface area contributed by atoms with Crippen LogP contribution in [0.3, 0.4) is 0 Å². The van der Waals surface area contributed by atoms with Gasteiger partial charge in [0.15, 0.2) is 0 Å². The summed E-state index contributed by atoms with van der Waals surface area (Å²) in [4.78, 5) is 4.00. The van der Waals surface area contributed by atoms with Crippen molar-refractivity contribution in [2.75, 3.05) is 6.61 Å². The number of hydrogen-bond donors (Lipinski definition) is 2. The molecular formula is C16H19BrN2O2. The van der Waals surface area contributed by atoms with Crippen LogP contribution < -0.4 is 0 Å². The smallest absolute Gasteiger partial charge is 0.135 e. The third-order valence-electron chi connectivity index (χ3n) is 2.63. The predicted octanol–water partition coefficient (Wildman–Crippen LogP) is 2.75. The van der Waals surface area contributed by atoms with E-state index in [-0.39, 0.29) is 13.2 Å². The number of halogens is 1. The molecule has 0 aliphatic heterocycles. The van der Waals surface area contributed by atoms with Crippen molar-refractivity contribution in [2.45, 2.75) is 26.5 Å². The lowest BCUT2D eigenvalue weighted by Crippen LogP contribution is -2.13. The Morgan fingerprint density at radius 2 is 1.90 bits per heavy atom. The minimum absolute atomic E-state index is 0.132. The summed E-state index contributed by atoms with van der Waals surface area (Å²) in [6, 6.07) is 7.20. The Kier molecular flexibility index (Phi) is 7.76. The van der Waals surface area contributed by atoms with Crippen LogP contribution >= 0.6 is 15.9 Å². The summed E-state index contributed by atoms with van der Waals surface area (Å²) in [6.45, 7) is 3.69. The highest BCUT2D eigenvalue weighted by atomic mass is 79.9. The van der Waals surface area contributed by atoms with Crippen LogP contribution in [0.15, 0.2) is 41.1 Å². The average Bonchev–Trinajstić information content (AvgIpc) is 3.00. The molecule has 1 unspecified atom stereocenters. The Morgan fingerprint density at radius 3 is 2.48 bits per heavy atom. The van der Waals surface area contributed by atoms with E-state index in [1.165, 1.54) is 0 Å². The molecule has 2 N–H and O–H groups in total. The van der Waals surface area contributed by atoms with Gasteiger partial charge in [-0.25, -0.2) is 4.98 Å². The number of rotatable bonds is 3. The summed E-state index contributed by atoms with van der Waals surface area (Å²) in [6.07, 6.45) is 3.28. The van der Waals surface area contributed by atoms with Gasteiger partial charge in [-0.05, 0) is 24.3 Å². The molecule has 112 valence electrons. The van der Waals surface area contributed by atoms with Crippen LogP contribution in [-0.4, -0.2) is 26.4 Å². The molecule has 0 amide bonds. The van der Waals surface area contributed by atoms with Crippen molar-refractivity contribution in [3.05, 3.63) is 52.5 Å². The molecule has 0 aliphatic carbocycles. The van der Waals surface area contributed by atoms with Crippen molar-refractivity contribution >= 4 is 15.9 Å². The molecule has 0 bridgehead atoms. The summed E-state index contributed by atoms with van der Waals surface area (Å²) in [7, 11) is 0. The molecule has 2 rings (SSSR count). The van der Waals surface area contributed by atoms with E-state index in [0.29, 0.717) is 5.82 Å². The van der Waals surface area contributed by atoms with E-state index in [2.05, 4.69) is 32.8 Å². The largest absolute Gasteiger partial charge is 0.393 e. The monoisotopic (exact) mass is 350 g/mol. The van der Waals surface area contributed by atoms with E-state index < -0.39 is 6.04 Å². The summed E-state index contributed by atoms with van der Waals surface area (Å²) in [5, 5.41) is 18.5. The van der Waals surface area contributed by atoms with Crippen LogP contribution in [0.1, 0.15) is 31.3 Å². The Labute approximate surface area is 133 Å². The molecule has 5 heteroatoms. The molecule has 21 heavy (non-hydrogen) atoms. The van der Waals surface area contributed by atoms with Crippen LogP contribution in [0.4, 0.5) is 0 Å². The average molecular weight is 351 g/mol. The molecule has 1 aromatic carbocycles. The molecular weight excluding hydrogens is 332 g/mol. The number of aromatic nitrogens is 2. The minimum atomic E-state index is -0.409. The molecule has 0 radical (unpaired) electrons. The normalized spacial score (nSPS) is 10.9. The van der Waals surface area contributed by atoms with Gasteiger partial charge in [0, 0.05) is 22.4 Å². The summed E-state index contributed by atoms with van der Waals surface area (Å²) >= 11 is 3.36. The van der Waals surface area contributed by atoms with Gasteiger partial charge in [-0.15, -0.1) is 0 Å². The Bertz CT molecular complexity index is 597. The third kappa shape index (κ3) is 5.01. The van der Waals surface area contributed by atoms with E-state index in [4.69, 9.17) is 5.11 Å². The molecule has 0 fully saturated rings. The lowest BCUT2D eigenvalue weighted by atomic mass is 10.2. The second-order valence-corrected chi connectivity index (χ2v) is 4.80. The first-order valence-electron chi connectivity index (χ1n) is 6.75. The van der Waals surface area contributed by atoms with Crippen molar-refractivity contribution in [2.24, 2.45) is 0 Å². The lowest BCUT2D eigenvalue weighted by Gasteiger charge is -2.11. The van der Waals surface area contributed by atoms with Gasteiger partial charge in [0.05, 0.1) is 6.61 Å². The maximum atomic E-state index is 9.40. The van der Waals surface area contributed by atoms with Crippen molar-refractivity contribution < 1.29 is 10.2 Å².